The van der Waals surface area contributed by atoms with E-state index in [0.717, 1.165) is 44.2 Å². The molecule has 1 aliphatic heterocycles. The Morgan fingerprint density at radius 3 is 2.43 bits per heavy atom. The fourth-order valence-electron chi connectivity index (χ4n) is 3.53. The van der Waals surface area contributed by atoms with Gasteiger partial charge in [-0.3, -0.25) is 10.00 Å². The Bertz CT molecular complexity index is 997. The van der Waals surface area contributed by atoms with Crippen molar-refractivity contribution in [3.8, 4) is 0 Å². The number of aryl methyl sites for hydroxylation is 1. The van der Waals surface area contributed by atoms with Gasteiger partial charge in [0.25, 0.3) is 0 Å². The largest absolute Gasteiger partial charge is 0.369 e. The molecular formula is C22H25N5S. The summed E-state index contributed by atoms with van der Waals surface area (Å²) in [7, 11) is 0. The van der Waals surface area contributed by atoms with Crippen LogP contribution in [0.2, 0.25) is 0 Å². The van der Waals surface area contributed by atoms with Crippen LogP contribution in [-0.2, 0) is 6.67 Å². The van der Waals surface area contributed by atoms with Gasteiger partial charge in [0.2, 0.25) is 4.77 Å². The second-order valence-electron chi connectivity index (χ2n) is 7.10. The minimum Gasteiger partial charge on any atom is -0.369 e. The van der Waals surface area contributed by atoms with Crippen molar-refractivity contribution in [2.24, 2.45) is 0 Å². The van der Waals surface area contributed by atoms with E-state index < -0.39 is 0 Å². The third-order valence-corrected chi connectivity index (χ3v) is 5.41. The van der Waals surface area contributed by atoms with E-state index in [-0.39, 0.29) is 0 Å². The number of hydrogen-bond donors (Lipinski definition) is 1. The molecule has 0 bridgehead atoms. The molecule has 2 aromatic carbocycles. The summed E-state index contributed by atoms with van der Waals surface area (Å²) < 4.78 is 2.54. The Balaban J connectivity index is 1.37. The molecule has 1 aromatic heterocycles. The number of hydrogen-bond acceptors (Lipinski definition) is 4. The summed E-state index contributed by atoms with van der Waals surface area (Å²) in [6.07, 6.45) is 4.01. The van der Waals surface area contributed by atoms with Crippen molar-refractivity contribution in [2.45, 2.75) is 13.6 Å². The van der Waals surface area contributed by atoms with Gasteiger partial charge in [0.15, 0.2) is 0 Å². The predicted octanol–water partition coefficient (Wildman–Crippen LogP) is 4.20. The number of aromatic amines is 1. The fourth-order valence-corrected chi connectivity index (χ4v) is 3.73. The SMILES string of the molecule is Cc1ccccc1N1CCN(Cn2[nH]c(/C=C/c3ccccc3)nc2=S)CC1. The number of rotatable bonds is 5. The molecule has 6 heteroatoms. The first kappa shape index (κ1) is 18.7. The van der Waals surface area contributed by atoms with Crippen molar-refractivity contribution in [1.29, 1.82) is 0 Å². The van der Waals surface area contributed by atoms with Gasteiger partial charge < -0.3 is 4.90 Å². The molecule has 4 rings (SSSR count). The standard InChI is InChI=1S/C22H25N5S/c1-18-7-5-6-10-20(18)26-15-13-25(14-16-26)17-27-22(28)23-21(24-27)12-11-19-8-3-2-4-9-19/h2-12H,13-17H2,1H3,(H,23,24,28)/b12-11+. The molecule has 28 heavy (non-hydrogen) atoms. The van der Waals surface area contributed by atoms with Crippen LogP contribution in [-0.4, -0.2) is 45.8 Å². The summed E-state index contributed by atoms with van der Waals surface area (Å²) in [6, 6.07) is 18.8. The minimum absolute atomic E-state index is 0.592. The zero-order valence-electron chi connectivity index (χ0n) is 16.1. The zero-order chi connectivity index (χ0) is 19.3. The van der Waals surface area contributed by atoms with Crippen molar-refractivity contribution < 1.29 is 0 Å². The molecule has 0 spiro atoms. The molecule has 0 aliphatic carbocycles. The molecule has 0 atom stereocenters. The number of piperazine rings is 1. The van der Waals surface area contributed by atoms with Crippen LogP contribution in [0.1, 0.15) is 17.0 Å². The van der Waals surface area contributed by atoms with Gasteiger partial charge in [-0.05, 0) is 42.4 Å². The molecule has 2 heterocycles. The van der Waals surface area contributed by atoms with E-state index in [4.69, 9.17) is 12.2 Å². The van der Waals surface area contributed by atoms with E-state index in [9.17, 15) is 0 Å². The van der Waals surface area contributed by atoms with Crippen LogP contribution in [0.15, 0.2) is 54.6 Å². The lowest BCUT2D eigenvalue weighted by Crippen LogP contribution is -2.47. The van der Waals surface area contributed by atoms with Gasteiger partial charge in [0, 0.05) is 31.9 Å². The van der Waals surface area contributed by atoms with E-state index >= 15 is 0 Å². The quantitative estimate of drug-likeness (QED) is 0.662. The molecule has 1 aliphatic rings. The number of para-hydroxylation sites is 1. The Kier molecular flexibility index (Phi) is 5.69. The van der Waals surface area contributed by atoms with E-state index in [2.05, 4.69) is 63.2 Å². The second-order valence-corrected chi connectivity index (χ2v) is 7.46. The highest BCUT2D eigenvalue weighted by molar-refractivity contribution is 7.71. The Hall–Kier alpha value is -2.70. The highest BCUT2D eigenvalue weighted by atomic mass is 32.1. The van der Waals surface area contributed by atoms with Crippen LogP contribution < -0.4 is 4.90 Å². The third-order valence-electron chi connectivity index (χ3n) is 5.10. The highest BCUT2D eigenvalue weighted by Gasteiger charge is 2.18. The molecule has 0 amide bonds. The van der Waals surface area contributed by atoms with Gasteiger partial charge in [0.1, 0.15) is 5.82 Å². The molecule has 1 fully saturated rings. The molecule has 0 radical (unpaired) electrons. The van der Waals surface area contributed by atoms with Crippen LogP contribution >= 0.6 is 12.2 Å². The molecule has 1 saturated heterocycles. The van der Waals surface area contributed by atoms with E-state index in [1.165, 1.54) is 11.3 Å². The average molecular weight is 392 g/mol. The van der Waals surface area contributed by atoms with Gasteiger partial charge >= 0.3 is 0 Å². The maximum absolute atomic E-state index is 5.44. The predicted molar refractivity (Wildman–Crippen MR) is 118 cm³/mol. The summed E-state index contributed by atoms with van der Waals surface area (Å²) in [5.74, 6) is 0.785. The van der Waals surface area contributed by atoms with E-state index in [1.54, 1.807) is 0 Å². The van der Waals surface area contributed by atoms with Gasteiger partial charge in [-0.2, -0.15) is 4.98 Å². The van der Waals surface area contributed by atoms with E-state index in [0.29, 0.717) is 4.77 Å². The van der Waals surface area contributed by atoms with Crippen molar-refractivity contribution in [2.75, 3.05) is 31.1 Å². The first-order valence-electron chi connectivity index (χ1n) is 9.62. The summed E-state index contributed by atoms with van der Waals surface area (Å²) in [4.78, 5) is 9.34. The lowest BCUT2D eigenvalue weighted by molar-refractivity contribution is 0.194. The lowest BCUT2D eigenvalue weighted by atomic mass is 10.1. The first-order chi connectivity index (χ1) is 13.7. The van der Waals surface area contributed by atoms with Crippen LogP contribution in [0, 0.1) is 11.7 Å². The molecule has 1 N–H and O–H groups in total. The maximum atomic E-state index is 5.44. The zero-order valence-corrected chi connectivity index (χ0v) is 16.9. The fraction of sp³-hybridized carbons (Fsp3) is 0.273. The Morgan fingerprint density at radius 2 is 1.68 bits per heavy atom. The van der Waals surface area contributed by atoms with E-state index in [1.807, 2.05) is 35.0 Å². The average Bonchev–Trinajstić information content (AvgIpc) is 3.08. The molecule has 5 nitrogen and oxygen atoms in total. The summed E-state index contributed by atoms with van der Waals surface area (Å²) in [6.45, 7) is 6.97. The maximum Gasteiger partial charge on any atom is 0.217 e. The number of benzene rings is 2. The Morgan fingerprint density at radius 1 is 0.964 bits per heavy atom. The van der Waals surface area contributed by atoms with Gasteiger partial charge in [-0.1, -0.05) is 54.6 Å². The number of nitrogens with one attached hydrogen (secondary N) is 1. The topological polar surface area (TPSA) is 40.1 Å². The summed E-state index contributed by atoms with van der Waals surface area (Å²) in [5, 5.41) is 3.31. The number of H-pyrrole nitrogens is 1. The van der Waals surface area contributed by atoms with Crippen LogP contribution in [0.5, 0.6) is 0 Å². The van der Waals surface area contributed by atoms with Crippen molar-refractivity contribution >= 4 is 30.1 Å². The summed E-state index contributed by atoms with van der Waals surface area (Å²) in [5.41, 5.74) is 3.82. The van der Waals surface area contributed by atoms with Crippen molar-refractivity contribution in [3.05, 3.63) is 76.3 Å². The van der Waals surface area contributed by atoms with Crippen molar-refractivity contribution in [1.82, 2.24) is 19.7 Å². The molecule has 3 aromatic rings. The van der Waals surface area contributed by atoms with Gasteiger partial charge in [-0.15, -0.1) is 0 Å². The van der Waals surface area contributed by atoms with Crippen LogP contribution in [0.3, 0.4) is 0 Å². The monoisotopic (exact) mass is 391 g/mol. The minimum atomic E-state index is 0.592. The number of nitrogens with zero attached hydrogens (tertiary/aromatic N) is 4. The lowest BCUT2D eigenvalue weighted by Gasteiger charge is -2.36. The molecule has 144 valence electrons. The van der Waals surface area contributed by atoms with Crippen LogP contribution in [0.25, 0.3) is 12.2 Å². The van der Waals surface area contributed by atoms with Gasteiger partial charge in [0.05, 0.1) is 6.67 Å². The normalized spacial score (nSPS) is 15.4. The Labute approximate surface area is 170 Å². The van der Waals surface area contributed by atoms with Crippen LogP contribution in [0.4, 0.5) is 5.69 Å². The smallest absolute Gasteiger partial charge is 0.217 e. The molecule has 0 saturated carbocycles. The highest BCUT2D eigenvalue weighted by Crippen LogP contribution is 2.20. The molecular weight excluding hydrogens is 366 g/mol. The van der Waals surface area contributed by atoms with Crippen molar-refractivity contribution in [3.63, 3.8) is 0 Å². The summed E-state index contributed by atoms with van der Waals surface area (Å²) >= 11 is 5.44. The molecule has 0 unspecified atom stereocenters. The number of anilines is 1. The first-order valence-corrected chi connectivity index (χ1v) is 10.0. The third kappa shape index (κ3) is 4.40. The number of aromatic nitrogens is 3. The second kappa shape index (κ2) is 8.54. The van der Waals surface area contributed by atoms with Gasteiger partial charge in [-0.25, -0.2) is 4.68 Å².